The minimum Gasteiger partial charge on any atom is -0.343 e. The van der Waals surface area contributed by atoms with E-state index in [2.05, 4.69) is 94.1 Å². The number of rotatable bonds is 5. The highest BCUT2D eigenvalue weighted by Gasteiger charge is 2.07. The van der Waals surface area contributed by atoms with Crippen molar-refractivity contribution in [2.75, 3.05) is 6.54 Å². The fraction of sp³-hybridized carbons (Fsp3) is 0.222. The molecule has 3 aromatic rings. The molecule has 1 N–H and O–H groups in total. The molecule has 1 heterocycles. The Morgan fingerprint density at radius 3 is 2.57 bits per heavy atom. The zero-order valence-electron chi connectivity index (χ0n) is 12.1. The van der Waals surface area contributed by atoms with Crippen molar-refractivity contribution < 1.29 is 0 Å². The van der Waals surface area contributed by atoms with Crippen molar-refractivity contribution in [3.63, 3.8) is 0 Å². The molecule has 0 amide bonds. The molecule has 21 heavy (non-hydrogen) atoms. The molecule has 0 fully saturated rings. The lowest BCUT2D eigenvalue weighted by molar-refractivity contribution is 0.724. The predicted molar refractivity (Wildman–Crippen MR) is 97.6 cm³/mol. The Balaban J connectivity index is 1.96. The molecule has 0 aliphatic heterocycles. The first kappa shape index (κ1) is 14.6. The number of halogens is 1. The number of hydrogen-bond acceptors (Lipinski definition) is 1. The third-order valence-electron chi connectivity index (χ3n) is 3.70. The summed E-state index contributed by atoms with van der Waals surface area (Å²) in [6, 6.07) is 17.4. The molecule has 0 spiro atoms. The van der Waals surface area contributed by atoms with Gasteiger partial charge in [0.05, 0.1) is 0 Å². The lowest BCUT2D eigenvalue weighted by Crippen LogP contribution is -2.11. The number of nitrogens with one attached hydrogen (secondary N) is 1. The first-order valence-electron chi connectivity index (χ1n) is 7.30. The van der Waals surface area contributed by atoms with Crippen molar-refractivity contribution in [1.82, 2.24) is 9.88 Å². The van der Waals surface area contributed by atoms with Crippen LogP contribution in [-0.4, -0.2) is 11.1 Å². The minimum absolute atomic E-state index is 0.920. The smallest absolute Gasteiger partial charge is 0.0486 e. The standard InChI is InChI=1S/C18H19IN2/c1-2-20-11-15-13-21(18-6-4-3-5-17(15)18)12-14-7-9-16(19)10-8-14/h3-10,13,20H,2,11-12H2,1H3. The van der Waals surface area contributed by atoms with Crippen LogP contribution in [-0.2, 0) is 13.1 Å². The summed E-state index contributed by atoms with van der Waals surface area (Å²) in [7, 11) is 0. The number of para-hydroxylation sites is 1. The lowest BCUT2D eigenvalue weighted by atomic mass is 10.2. The van der Waals surface area contributed by atoms with Gasteiger partial charge in [0.1, 0.15) is 0 Å². The van der Waals surface area contributed by atoms with Gasteiger partial charge in [-0.2, -0.15) is 0 Å². The fourth-order valence-corrected chi connectivity index (χ4v) is 3.00. The highest BCUT2D eigenvalue weighted by atomic mass is 127. The van der Waals surface area contributed by atoms with Gasteiger partial charge in [-0.25, -0.2) is 0 Å². The summed E-state index contributed by atoms with van der Waals surface area (Å²) in [5, 5.41) is 4.78. The second-order valence-corrected chi connectivity index (χ2v) is 6.45. The summed E-state index contributed by atoms with van der Waals surface area (Å²) in [5.41, 5.74) is 4.02. The van der Waals surface area contributed by atoms with Gasteiger partial charge in [0.15, 0.2) is 0 Å². The van der Waals surface area contributed by atoms with Crippen LogP contribution in [0.25, 0.3) is 10.9 Å². The Hall–Kier alpha value is -1.33. The number of nitrogens with zero attached hydrogens (tertiary/aromatic N) is 1. The third-order valence-corrected chi connectivity index (χ3v) is 4.42. The van der Waals surface area contributed by atoms with Crippen molar-refractivity contribution in [2.24, 2.45) is 0 Å². The summed E-state index contributed by atoms with van der Waals surface area (Å²) in [6.07, 6.45) is 2.28. The van der Waals surface area contributed by atoms with Gasteiger partial charge in [-0.1, -0.05) is 37.3 Å². The van der Waals surface area contributed by atoms with Gasteiger partial charge in [-0.3, -0.25) is 0 Å². The summed E-state index contributed by atoms with van der Waals surface area (Å²) in [5.74, 6) is 0. The van der Waals surface area contributed by atoms with E-state index in [9.17, 15) is 0 Å². The van der Waals surface area contributed by atoms with Crippen molar-refractivity contribution in [2.45, 2.75) is 20.0 Å². The number of aromatic nitrogens is 1. The van der Waals surface area contributed by atoms with Crippen LogP contribution >= 0.6 is 22.6 Å². The largest absolute Gasteiger partial charge is 0.343 e. The quantitative estimate of drug-likeness (QED) is 0.639. The Morgan fingerprint density at radius 1 is 1.05 bits per heavy atom. The van der Waals surface area contributed by atoms with E-state index in [1.807, 2.05) is 0 Å². The highest BCUT2D eigenvalue weighted by molar-refractivity contribution is 14.1. The first-order chi connectivity index (χ1) is 10.3. The average molecular weight is 390 g/mol. The summed E-state index contributed by atoms with van der Waals surface area (Å²) < 4.78 is 3.63. The number of benzene rings is 2. The van der Waals surface area contributed by atoms with Gasteiger partial charge in [-0.15, -0.1) is 0 Å². The molecule has 108 valence electrons. The lowest BCUT2D eigenvalue weighted by Gasteiger charge is -2.05. The fourth-order valence-electron chi connectivity index (χ4n) is 2.64. The Bertz CT molecular complexity index is 729. The first-order valence-corrected chi connectivity index (χ1v) is 8.37. The maximum absolute atomic E-state index is 3.43. The minimum atomic E-state index is 0.920. The maximum atomic E-state index is 3.43. The molecule has 0 atom stereocenters. The van der Waals surface area contributed by atoms with Crippen LogP contribution in [0.3, 0.4) is 0 Å². The van der Waals surface area contributed by atoms with E-state index >= 15 is 0 Å². The van der Waals surface area contributed by atoms with Crippen molar-refractivity contribution >= 4 is 33.5 Å². The average Bonchev–Trinajstić information content (AvgIpc) is 2.86. The predicted octanol–water partition coefficient (Wildman–Crippen LogP) is 4.40. The molecule has 2 aromatic carbocycles. The molecular weight excluding hydrogens is 371 g/mol. The molecule has 3 rings (SSSR count). The molecule has 2 nitrogen and oxygen atoms in total. The Labute approximate surface area is 139 Å². The second kappa shape index (κ2) is 6.62. The van der Waals surface area contributed by atoms with Gasteiger partial charge in [-0.05, 0) is 58.5 Å². The normalized spacial score (nSPS) is 11.1. The third kappa shape index (κ3) is 3.30. The topological polar surface area (TPSA) is 17.0 Å². The van der Waals surface area contributed by atoms with Crippen LogP contribution in [0.4, 0.5) is 0 Å². The summed E-state index contributed by atoms with van der Waals surface area (Å²) in [4.78, 5) is 0. The van der Waals surface area contributed by atoms with Gasteiger partial charge in [0.25, 0.3) is 0 Å². The Kier molecular flexibility index (Phi) is 4.60. The van der Waals surface area contributed by atoms with E-state index in [1.54, 1.807) is 0 Å². The highest BCUT2D eigenvalue weighted by Crippen LogP contribution is 2.22. The van der Waals surface area contributed by atoms with Crippen molar-refractivity contribution in [1.29, 1.82) is 0 Å². The Morgan fingerprint density at radius 2 is 1.81 bits per heavy atom. The summed E-state index contributed by atoms with van der Waals surface area (Å²) in [6.45, 7) is 4.99. The zero-order chi connectivity index (χ0) is 14.7. The van der Waals surface area contributed by atoms with E-state index in [4.69, 9.17) is 0 Å². The molecule has 3 heteroatoms. The van der Waals surface area contributed by atoms with E-state index in [-0.39, 0.29) is 0 Å². The molecule has 0 saturated carbocycles. The molecule has 0 radical (unpaired) electrons. The zero-order valence-corrected chi connectivity index (χ0v) is 14.3. The van der Waals surface area contributed by atoms with Crippen LogP contribution in [0.2, 0.25) is 0 Å². The van der Waals surface area contributed by atoms with E-state index in [0.29, 0.717) is 0 Å². The maximum Gasteiger partial charge on any atom is 0.0486 e. The van der Waals surface area contributed by atoms with E-state index in [0.717, 1.165) is 19.6 Å². The molecule has 0 saturated heterocycles. The van der Waals surface area contributed by atoms with Crippen LogP contribution in [0.5, 0.6) is 0 Å². The van der Waals surface area contributed by atoms with E-state index in [1.165, 1.54) is 25.6 Å². The van der Waals surface area contributed by atoms with Crippen molar-refractivity contribution in [3.8, 4) is 0 Å². The van der Waals surface area contributed by atoms with Crippen LogP contribution in [0.15, 0.2) is 54.7 Å². The van der Waals surface area contributed by atoms with E-state index < -0.39 is 0 Å². The van der Waals surface area contributed by atoms with Crippen molar-refractivity contribution in [3.05, 3.63) is 69.4 Å². The number of hydrogen-bond donors (Lipinski definition) is 1. The van der Waals surface area contributed by atoms with Gasteiger partial charge in [0.2, 0.25) is 0 Å². The molecule has 0 aliphatic rings. The second-order valence-electron chi connectivity index (χ2n) is 5.21. The SMILES string of the molecule is CCNCc1cn(Cc2ccc(I)cc2)c2ccccc12. The van der Waals surface area contributed by atoms with Gasteiger partial charge >= 0.3 is 0 Å². The molecular formula is C18H19IN2. The summed E-state index contributed by atoms with van der Waals surface area (Å²) >= 11 is 2.35. The van der Waals surface area contributed by atoms with Gasteiger partial charge in [0, 0.05) is 33.8 Å². The van der Waals surface area contributed by atoms with Crippen LogP contribution in [0, 0.1) is 3.57 Å². The molecule has 1 aromatic heterocycles. The van der Waals surface area contributed by atoms with Gasteiger partial charge < -0.3 is 9.88 Å². The molecule has 0 bridgehead atoms. The monoisotopic (exact) mass is 390 g/mol. The molecule has 0 unspecified atom stereocenters. The van der Waals surface area contributed by atoms with Crippen LogP contribution < -0.4 is 5.32 Å². The van der Waals surface area contributed by atoms with Crippen LogP contribution in [0.1, 0.15) is 18.1 Å². The number of fused-ring (bicyclic) bond motifs is 1. The molecule has 0 aliphatic carbocycles.